The lowest BCUT2D eigenvalue weighted by Crippen LogP contribution is -1.82. The van der Waals surface area contributed by atoms with Gasteiger partial charge in [0.05, 0.1) is 7.11 Å². The SMILES string of the molecule is COc1n[c][nH]n1. The number of aromatic nitrogens is 3. The molecule has 1 heterocycles. The summed E-state index contributed by atoms with van der Waals surface area (Å²) in [6.07, 6.45) is 2.37. The summed E-state index contributed by atoms with van der Waals surface area (Å²) in [5.41, 5.74) is 0. The van der Waals surface area contributed by atoms with Crippen LogP contribution < -0.4 is 4.74 Å². The van der Waals surface area contributed by atoms with Gasteiger partial charge in [-0.25, -0.2) is 0 Å². The van der Waals surface area contributed by atoms with E-state index in [4.69, 9.17) is 0 Å². The normalized spacial score (nSPS) is 8.71. The van der Waals surface area contributed by atoms with Crippen LogP contribution in [0.1, 0.15) is 0 Å². The highest BCUT2D eigenvalue weighted by Crippen LogP contribution is 1.90. The molecule has 0 amide bonds. The van der Waals surface area contributed by atoms with Crippen molar-refractivity contribution in [3.05, 3.63) is 6.33 Å². The molecule has 1 aromatic rings. The van der Waals surface area contributed by atoms with Gasteiger partial charge in [0, 0.05) is 0 Å². The maximum absolute atomic E-state index is 4.57. The summed E-state index contributed by atoms with van der Waals surface area (Å²) >= 11 is 0. The highest BCUT2D eigenvalue weighted by atomic mass is 16.5. The van der Waals surface area contributed by atoms with Crippen LogP contribution >= 0.6 is 0 Å². The third-order valence-corrected chi connectivity index (χ3v) is 0.536. The van der Waals surface area contributed by atoms with E-state index >= 15 is 0 Å². The molecule has 0 aliphatic heterocycles. The van der Waals surface area contributed by atoms with Crippen molar-refractivity contribution in [2.45, 2.75) is 0 Å². The van der Waals surface area contributed by atoms with Crippen molar-refractivity contribution in [2.75, 3.05) is 7.11 Å². The van der Waals surface area contributed by atoms with Gasteiger partial charge in [-0.15, -0.1) is 5.10 Å². The molecule has 0 fully saturated rings. The number of methoxy groups -OCH3 is 1. The number of nitrogens with zero attached hydrogens (tertiary/aromatic N) is 2. The van der Waals surface area contributed by atoms with Crippen molar-refractivity contribution in [3.63, 3.8) is 0 Å². The molecule has 0 aliphatic carbocycles. The number of ether oxygens (including phenoxy) is 1. The van der Waals surface area contributed by atoms with Gasteiger partial charge in [0.15, 0.2) is 6.33 Å². The first-order chi connectivity index (χ1) is 3.43. The number of hydrogen-bond acceptors (Lipinski definition) is 3. The second kappa shape index (κ2) is 1.59. The Hall–Kier alpha value is -1.06. The van der Waals surface area contributed by atoms with E-state index in [-0.39, 0.29) is 0 Å². The molecule has 0 unspecified atom stereocenters. The first-order valence-electron chi connectivity index (χ1n) is 1.76. The van der Waals surface area contributed by atoms with E-state index in [0.717, 1.165) is 0 Å². The third-order valence-electron chi connectivity index (χ3n) is 0.536. The van der Waals surface area contributed by atoms with Gasteiger partial charge in [0.2, 0.25) is 0 Å². The Balaban J connectivity index is 2.76. The number of H-pyrrole nitrogens is 1. The Bertz CT molecular complexity index is 125. The second-order valence-electron chi connectivity index (χ2n) is 0.934. The van der Waals surface area contributed by atoms with Crippen LogP contribution in [0.3, 0.4) is 0 Å². The maximum Gasteiger partial charge on any atom is 0.335 e. The summed E-state index contributed by atoms with van der Waals surface area (Å²) in [7, 11) is 1.50. The van der Waals surface area contributed by atoms with Gasteiger partial charge in [-0.2, -0.15) is 4.98 Å². The van der Waals surface area contributed by atoms with Gasteiger partial charge in [-0.05, 0) is 0 Å². The summed E-state index contributed by atoms with van der Waals surface area (Å²) in [5, 5.41) is 5.89. The summed E-state index contributed by atoms with van der Waals surface area (Å²) in [6, 6.07) is 0.319. The lowest BCUT2D eigenvalue weighted by Gasteiger charge is -1.82. The minimum atomic E-state index is 0.319. The molecule has 0 atom stereocenters. The molecule has 0 bridgehead atoms. The predicted molar refractivity (Wildman–Crippen MR) is 21.8 cm³/mol. The third kappa shape index (κ3) is 0.677. The van der Waals surface area contributed by atoms with Crippen molar-refractivity contribution in [1.29, 1.82) is 0 Å². The molecule has 4 heteroatoms. The van der Waals surface area contributed by atoms with Crippen LogP contribution in [0.2, 0.25) is 0 Å². The lowest BCUT2D eigenvalue weighted by atomic mass is 11.2. The summed E-state index contributed by atoms with van der Waals surface area (Å²) < 4.78 is 4.57. The van der Waals surface area contributed by atoms with Gasteiger partial charge in [0.1, 0.15) is 0 Å². The Morgan fingerprint density at radius 1 is 1.86 bits per heavy atom. The van der Waals surface area contributed by atoms with E-state index in [1.165, 1.54) is 7.11 Å². The molecule has 1 N–H and O–H groups in total. The van der Waals surface area contributed by atoms with E-state index in [9.17, 15) is 0 Å². The molecule has 0 aromatic carbocycles. The molecule has 0 saturated heterocycles. The summed E-state index contributed by atoms with van der Waals surface area (Å²) in [6.45, 7) is 0. The molecule has 0 saturated carbocycles. The van der Waals surface area contributed by atoms with E-state index in [1.807, 2.05) is 0 Å². The number of rotatable bonds is 1. The summed E-state index contributed by atoms with van der Waals surface area (Å²) in [4.78, 5) is 3.52. The van der Waals surface area contributed by atoms with Crippen LogP contribution in [0, 0.1) is 6.33 Å². The van der Waals surface area contributed by atoms with Crippen LogP contribution in [0.25, 0.3) is 0 Å². The highest BCUT2D eigenvalue weighted by Gasteiger charge is 1.87. The van der Waals surface area contributed by atoms with Crippen molar-refractivity contribution in [3.8, 4) is 6.01 Å². The quantitative estimate of drug-likeness (QED) is 0.520. The minimum Gasteiger partial charge on any atom is -0.466 e. The van der Waals surface area contributed by atoms with Gasteiger partial charge in [0.25, 0.3) is 0 Å². The zero-order valence-corrected chi connectivity index (χ0v) is 3.80. The average molecular weight is 98.1 g/mol. The lowest BCUT2D eigenvalue weighted by molar-refractivity contribution is 0.381. The fraction of sp³-hybridized carbons (Fsp3) is 0.333. The minimum absolute atomic E-state index is 0.319. The van der Waals surface area contributed by atoms with Gasteiger partial charge >= 0.3 is 6.01 Å². The summed E-state index contributed by atoms with van der Waals surface area (Å²) in [5.74, 6) is 0. The smallest absolute Gasteiger partial charge is 0.335 e. The van der Waals surface area contributed by atoms with E-state index in [0.29, 0.717) is 6.01 Å². The van der Waals surface area contributed by atoms with Gasteiger partial charge in [-0.1, -0.05) is 0 Å². The van der Waals surface area contributed by atoms with Crippen LogP contribution in [0.5, 0.6) is 6.01 Å². The number of hydrogen-bond donors (Lipinski definition) is 1. The monoisotopic (exact) mass is 98.0 g/mol. The number of nitrogens with one attached hydrogen (secondary N) is 1. The second-order valence-corrected chi connectivity index (χ2v) is 0.934. The first kappa shape index (κ1) is 4.11. The molecule has 37 valence electrons. The molecule has 1 aromatic heterocycles. The maximum atomic E-state index is 4.57. The van der Waals surface area contributed by atoms with Crippen LogP contribution in [-0.4, -0.2) is 22.3 Å². The highest BCUT2D eigenvalue weighted by molar-refractivity contribution is 4.82. The molecule has 4 nitrogen and oxygen atoms in total. The molecular weight excluding hydrogens is 94.1 g/mol. The predicted octanol–water partition coefficient (Wildman–Crippen LogP) is -0.387. The van der Waals surface area contributed by atoms with E-state index in [1.54, 1.807) is 0 Å². The Morgan fingerprint density at radius 2 is 2.71 bits per heavy atom. The van der Waals surface area contributed by atoms with Crippen LogP contribution in [0.4, 0.5) is 0 Å². The Labute approximate surface area is 40.5 Å². The van der Waals surface area contributed by atoms with E-state index < -0.39 is 0 Å². The van der Waals surface area contributed by atoms with Crippen LogP contribution in [0.15, 0.2) is 0 Å². The first-order valence-corrected chi connectivity index (χ1v) is 1.76. The molecule has 1 rings (SSSR count). The zero-order chi connectivity index (χ0) is 5.11. The van der Waals surface area contributed by atoms with E-state index in [2.05, 4.69) is 26.2 Å². The fourth-order valence-corrected chi connectivity index (χ4v) is 0.262. The molecular formula is C3H4N3O. The molecule has 1 radical (unpaired) electrons. The molecule has 0 spiro atoms. The van der Waals surface area contributed by atoms with Gasteiger partial charge in [-0.3, -0.25) is 5.10 Å². The molecule has 7 heavy (non-hydrogen) atoms. The van der Waals surface area contributed by atoms with Crippen LogP contribution in [-0.2, 0) is 0 Å². The van der Waals surface area contributed by atoms with Crippen molar-refractivity contribution in [1.82, 2.24) is 15.2 Å². The van der Waals surface area contributed by atoms with Crippen molar-refractivity contribution >= 4 is 0 Å². The van der Waals surface area contributed by atoms with Gasteiger partial charge < -0.3 is 4.74 Å². The Kier molecular flexibility index (Phi) is 0.934. The topological polar surface area (TPSA) is 50.8 Å². The Morgan fingerprint density at radius 3 is 3.00 bits per heavy atom. The molecule has 0 aliphatic rings. The van der Waals surface area contributed by atoms with Crippen molar-refractivity contribution < 1.29 is 4.74 Å². The zero-order valence-electron chi connectivity index (χ0n) is 3.80. The fourth-order valence-electron chi connectivity index (χ4n) is 0.262. The van der Waals surface area contributed by atoms with Crippen molar-refractivity contribution in [2.24, 2.45) is 0 Å². The standard InChI is InChI=1S/C3H4N3O/c1-7-3-4-2-5-6-3/h1H3,(H,4,5,6). The largest absolute Gasteiger partial charge is 0.466 e. The number of aromatic amines is 1. The average Bonchev–Trinajstić information content (AvgIpc) is 2.14.